The molecule has 5 heteroatoms. The average Bonchev–Trinajstić information content (AvgIpc) is 2.63. The van der Waals surface area contributed by atoms with Crippen molar-refractivity contribution in [3.63, 3.8) is 0 Å². The molecule has 0 heterocycles. The summed E-state index contributed by atoms with van der Waals surface area (Å²) in [6, 6.07) is 13.8. The Morgan fingerprint density at radius 2 is 1.73 bits per heavy atom. The second-order valence-corrected chi connectivity index (χ2v) is 6.31. The molecule has 26 heavy (non-hydrogen) atoms. The van der Waals surface area contributed by atoms with Gasteiger partial charge in [0.15, 0.2) is 0 Å². The van der Waals surface area contributed by atoms with E-state index >= 15 is 0 Å². The molecule has 0 saturated carbocycles. The fourth-order valence-corrected chi connectivity index (χ4v) is 2.60. The molecule has 2 aromatic rings. The molecule has 5 nitrogen and oxygen atoms in total. The van der Waals surface area contributed by atoms with Crippen molar-refractivity contribution in [1.82, 2.24) is 5.32 Å². The van der Waals surface area contributed by atoms with Crippen LogP contribution in [0.2, 0.25) is 0 Å². The van der Waals surface area contributed by atoms with Gasteiger partial charge in [-0.25, -0.2) is 0 Å². The zero-order valence-corrected chi connectivity index (χ0v) is 15.7. The van der Waals surface area contributed by atoms with Crippen LogP contribution < -0.4 is 16.0 Å². The van der Waals surface area contributed by atoms with Crippen LogP contribution >= 0.6 is 0 Å². The van der Waals surface area contributed by atoms with Gasteiger partial charge in [0.1, 0.15) is 0 Å². The van der Waals surface area contributed by atoms with E-state index in [1.54, 1.807) is 0 Å². The first-order chi connectivity index (χ1) is 12.5. The van der Waals surface area contributed by atoms with Crippen LogP contribution in [0.1, 0.15) is 30.0 Å². The van der Waals surface area contributed by atoms with Crippen molar-refractivity contribution in [2.45, 2.75) is 33.6 Å². The van der Waals surface area contributed by atoms with Crippen LogP contribution in [0.3, 0.4) is 0 Å². The predicted octanol–water partition coefficient (Wildman–Crippen LogP) is 3.42. The smallest absolute Gasteiger partial charge is 0.239 e. The highest BCUT2D eigenvalue weighted by molar-refractivity contribution is 5.91. The topological polar surface area (TPSA) is 70.2 Å². The molecule has 0 saturated heterocycles. The molecule has 0 aliphatic heterocycles. The lowest BCUT2D eigenvalue weighted by molar-refractivity contribution is -0.119. The van der Waals surface area contributed by atoms with Gasteiger partial charge in [0, 0.05) is 24.3 Å². The second kappa shape index (κ2) is 9.61. The number of benzene rings is 2. The van der Waals surface area contributed by atoms with E-state index in [0.29, 0.717) is 13.0 Å². The summed E-state index contributed by atoms with van der Waals surface area (Å²) in [6.45, 7) is 6.65. The number of hydrogen-bond acceptors (Lipinski definition) is 3. The van der Waals surface area contributed by atoms with E-state index in [9.17, 15) is 9.59 Å². The molecular weight excluding hydrogens is 326 g/mol. The first kappa shape index (κ1) is 19.5. The first-order valence-electron chi connectivity index (χ1n) is 8.95. The Hall–Kier alpha value is -2.82. The standard InChI is InChI=1S/C21H27N3O2/c1-4-20(25)24-18-10-9-16(3)19(13-18)23-14-21(26)22-12-11-17-8-6-5-7-15(17)2/h5-10,13,23H,4,11-12,14H2,1-3H3,(H,22,26)(H,24,25). The molecule has 0 spiro atoms. The molecule has 0 bridgehead atoms. The fourth-order valence-electron chi connectivity index (χ4n) is 2.60. The highest BCUT2D eigenvalue weighted by Crippen LogP contribution is 2.20. The molecule has 0 radical (unpaired) electrons. The van der Waals surface area contributed by atoms with E-state index in [1.807, 2.05) is 44.2 Å². The molecule has 0 fully saturated rings. The Balaban J connectivity index is 1.82. The molecule has 0 aromatic heterocycles. The Bertz CT molecular complexity index is 772. The number of amides is 2. The molecule has 0 aliphatic rings. The summed E-state index contributed by atoms with van der Waals surface area (Å²) in [7, 11) is 0. The average molecular weight is 353 g/mol. The van der Waals surface area contributed by atoms with Crippen molar-refractivity contribution < 1.29 is 9.59 Å². The van der Waals surface area contributed by atoms with Crippen molar-refractivity contribution in [1.29, 1.82) is 0 Å². The van der Waals surface area contributed by atoms with Crippen LogP contribution in [0.25, 0.3) is 0 Å². The van der Waals surface area contributed by atoms with Crippen LogP contribution in [-0.4, -0.2) is 24.9 Å². The van der Waals surface area contributed by atoms with Crippen LogP contribution in [0.15, 0.2) is 42.5 Å². The Morgan fingerprint density at radius 1 is 0.962 bits per heavy atom. The van der Waals surface area contributed by atoms with Crippen LogP contribution in [0.4, 0.5) is 11.4 Å². The maximum atomic E-state index is 12.1. The summed E-state index contributed by atoms with van der Waals surface area (Å²) in [5.41, 5.74) is 5.07. The van der Waals surface area contributed by atoms with E-state index in [1.165, 1.54) is 11.1 Å². The lowest BCUT2D eigenvalue weighted by atomic mass is 10.1. The SMILES string of the molecule is CCC(=O)Nc1ccc(C)c(NCC(=O)NCCc2ccccc2C)c1. The zero-order chi connectivity index (χ0) is 18.9. The molecule has 2 rings (SSSR count). The zero-order valence-electron chi connectivity index (χ0n) is 15.7. The summed E-state index contributed by atoms with van der Waals surface area (Å²) >= 11 is 0. The summed E-state index contributed by atoms with van der Waals surface area (Å²) in [5, 5.41) is 8.90. The summed E-state index contributed by atoms with van der Waals surface area (Å²) in [5.74, 6) is -0.0882. The van der Waals surface area contributed by atoms with Gasteiger partial charge < -0.3 is 16.0 Å². The van der Waals surface area contributed by atoms with Crippen molar-refractivity contribution in [2.24, 2.45) is 0 Å². The van der Waals surface area contributed by atoms with Crippen LogP contribution in [0.5, 0.6) is 0 Å². The summed E-state index contributed by atoms with van der Waals surface area (Å²) < 4.78 is 0. The predicted molar refractivity (Wildman–Crippen MR) is 106 cm³/mol. The van der Waals surface area contributed by atoms with E-state index in [4.69, 9.17) is 0 Å². The largest absolute Gasteiger partial charge is 0.376 e. The van der Waals surface area contributed by atoms with Gasteiger partial charge in [0.2, 0.25) is 11.8 Å². The maximum absolute atomic E-state index is 12.1. The number of aryl methyl sites for hydroxylation is 2. The van der Waals surface area contributed by atoms with Gasteiger partial charge in [-0.1, -0.05) is 37.3 Å². The Labute approximate surface area is 155 Å². The number of carbonyl (C=O) groups is 2. The Morgan fingerprint density at radius 3 is 2.46 bits per heavy atom. The highest BCUT2D eigenvalue weighted by atomic mass is 16.2. The minimum atomic E-state index is -0.0546. The van der Waals surface area contributed by atoms with E-state index in [2.05, 4.69) is 35.0 Å². The monoisotopic (exact) mass is 353 g/mol. The number of carbonyl (C=O) groups excluding carboxylic acids is 2. The van der Waals surface area contributed by atoms with Gasteiger partial charge >= 0.3 is 0 Å². The highest BCUT2D eigenvalue weighted by Gasteiger charge is 2.06. The third-order valence-electron chi connectivity index (χ3n) is 4.26. The molecule has 0 unspecified atom stereocenters. The third kappa shape index (κ3) is 5.92. The van der Waals surface area contributed by atoms with E-state index in [0.717, 1.165) is 23.4 Å². The van der Waals surface area contributed by atoms with Gasteiger partial charge in [-0.3, -0.25) is 9.59 Å². The second-order valence-electron chi connectivity index (χ2n) is 6.31. The minimum Gasteiger partial charge on any atom is -0.376 e. The van der Waals surface area contributed by atoms with Crippen LogP contribution in [-0.2, 0) is 16.0 Å². The van der Waals surface area contributed by atoms with Crippen molar-refractivity contribution in [3.8, 4) is 0 Å². The number of nitrogens with one attached hydrogen (secondary N) is 3. The van der Waals surface area contributed by atoms with Gasteiger partial charge in [-0.2, -0.15) is 0 Å². The van der Waals surface area contributed by atoms with Gasteiger partial charge in [0.05, 0.1) is 6.54 Å². The first-order valence-corrected chi connectivity index (χ1v) is 8.95. The maximum Gasteiger partial charge on any atom is 0.239 e. The van der Waals surface area contributed by atoms with Crippen molar-refractivity contribution >= 4 is 23.2 Å². The van der Waals surface area contributed by atoms with E-state index in [-0.39, 0.29) is 18.4 Å². The van der Waals surface area contributed by atoms with Gasteiger partial charge in [0.25, 0.3) is 0 Å². The van der Waals surface area contributed by atoms with Gasteiger partial charge in [-0.05, 0) is 49.1 Å². The molecule has 2 amide bonds. The quantitative estimate of drug-likeness (QED) is 0.681. The third-order valence-corrected chi connectivity index (χ3v) is 4.26. The summed E-state index contributed by atoms with van der Waals surface area (Å²) in [4.78, 5) is 23.6. The van der Waals surface area contributed by atoms with Crippen molar-refractivity contribution in [2.75, 3.05) is 23.7 Å². The van der Waals surface area contributed by atoms with Crippen LogP contribution in [0, 0.1) is 13.8 Å². The molecule has 0 aliphatic carbocycles. The van der Waals surface area contributed by atoms with Crippen molar-refractivity contribution in [3.05, 3.63) is 59.2 Å². The normalized spacial score (nSPS) is 10.3. The number of rotatable bonds is 8. The van der Waals surface area contributed by atoms with E-state index < -0.39 is 0 Å². The minimum absolute atomic E-state index is 0.0336. The molecule has 3 N–H and O–H groups in total. The number of anilines is 2. The molecule has 138 valence electrons. The summed E-state index contributed by atoms with van der Waals surface area (Å²) in [6.07, 6.45) is 1.25. The lowest BCUT2D eigenvalue weighted by Gasteiger charge is -2.13. The lowest BCUT2D eigenvalue weighted by Crippen LogP contribution is -2.31. The van der Waals surface area contributed by atoms with Gasteiger partial charge in [-0.15, -0.1) is 0 Å². The fraction of sp³-hybridized carbons (Fsp3) is 0.333. The molecule has 2 aromatic carbocycles. The number of hydrogen-bond donors (Lipinski definition) is 3. The Kier molecular flexibility index (Phi) is 7.21. The molecule has 0 atom stereocenters. The molecular formula is C21H27N3O2.